The first-order valence-electron chi connectivity index (χ1n) is 14.8. The lowest BCUT2D eigenvalue weighted by Gasteiger charge is -2.24. The van der Waals surface area contributed by atoms with Gasteiger partial charge in [0, 0.05) is 18.6 Å². The molecule has 1 saturated heterocycles. The molecule has 2 aromatic carbocycles. The first-order valence-corrected chi connectivity index (χ1v) is 14.8. The van der Waals surface area contributed by atoms with Gasteiger partial charge in [0.15, 0.2) is 5.76 Å². The Balaban J connectivity index is 1.41. The maximum atomic E-state index is 13.5. The number of benzene rings is 2. The Morgan fingerprint density at radius 3 is 2.53 bits per heavy atom. The van der Waals surface area contributed by atoms with Gasteiger partial charge in [-0.3, -0.25) is 9.59 Å². The van der Waals surface area contributed by atoms with Crippen LogP contribution < -0.4 is 0 Å². The van der Waals surface area contributed by atoms with Gasteiger partial charge in [0.25, 0.3) is 0 Å². The summed E-state index contributed by atoms with van der Waals surface area (Å²) in [7, 11) is 0. The van der Waals surface area contributed by atoms with Crippen molar-refractivity contribution in [2.75, 3.05) is 26.4 Å². The van der Waals surface area contributed by atoms with Gasteiger partial charge in [-0.2, -0.15) is 0 Å². The molecular formula is C34H41NO8. The summed E-state index contributed by atoms with van der Waals surface area (Å²) in [5.74, 6) is -1.54. The molecule has 2 heterocycles. The Bertz CT molecular complexity index is 1380. The van der Waals surface area contributed by atoms with Crippen molar-refractivity contribution < 1.29 is 38.1 Å². The largest absolute Gasteiger partial charge is 0.457 e. The van der Waals surface area contributed by atoms with Crippen LogP contribution in [0.2, 0.25) is 0 Å². The minimum atomic E-state index is -1.12. The smallest absolute Gasteiger partial charge is 0.417 e. The molecule has 9 nitrogen and oxygen atoms in total. The van der Waals surface area contributed by atoms with E-state index in [9.17, 15) is 19.5 Å². The van der Waals surface area contributed by atoms with Crippen LogP contribution in [0.5, 0.6) is 0 Å². The molecule has 1 fully saturated rings. The van der Waals surface area contributed by atoms with E-state index in [0.717, 1.165) is 27.2 Å². The standard InChI is InChI=1S/C34H41NO8/c1-22(2)29-21-42-34(39)35(29)33(38)24(4)32(37)31-17-28(26-13-8-10-23(3)16-26)30(43-31)14-9-15-40-20-27(18-36)41-19-25-11-6-5-7-12-25/h5-8,10-13,16-17,22,24,27,29,36H,9,14-15,18-21H2,1-4H3/t24-,27-,29+/m1/s1. The molecule has 3 aromatic rings. The second-order valence-corrected chi connectivity index (χ2v) is 11.3. The Kier molecular flexibility index (Phi) is 11.3. The highest BCUT2D eigenvalue weighted by Crippen LogP contribution is 2.31. The molecule has 9 heteroatoms. The Morgan fingerprint density at radius 1 is 1.07 bits per heavy atom. The third-order valence-corrected chi connectivity index (χ3v) is 7.59. The minimum Gasteiger partial charge on any atom is -0.457 e. The number of hydrogen-bond acceptors (Lipinski definition) is 8. The molecule has 4 rings (SSSR count). The molecule has 230 valence electrons. The maximum absolute atomic E-state index is 13.5. The van der Waals surface area contributed by atoms with Gasteiger partial charge >= 0.3 is 6.09 Å². The van der Waals surface area contributed by atoms with Crippen LogP contribution in [0.4, 0.5) is 4.79 Å². The summed E-state index contributed by atoms with van der Waals surface area (Å²) < 4.78 is 22.8. The highest BCUT2D eigenvalue weighted by atomic mass is 16.6. The molecule has 0 saturated carbocycles. The van der Waals surface area contributed by atoms with Crippen molar-refractivity contribution in [1.82, 2.24) is 4.90 Å². The van der Waals surface area contributed by atoms with Crippen LogP contribution >= 0.6 is 0 Å². The van der Waals surface area contributed by atoms with Gasteiger partial charge in [-0.05, 0) is 43.4 Å². The number of nitrogens with zero attached hydrogens (tertiary/aromatic N) is 1. The normalized spacial score (nSPS) is 16.4. The molecule has 43 heavy (non-hydrogen) atoms. The molecule has 3 atom stereocenters. The molecule has 0 spiro atoms. The molecule has 0 bridgehead atoms. The number of furan rings is 1. The number of aliphatic hydroxyl groups excluding tert-OH is 1. The number of imide groups is 1. The number of Topliss-reactive ketones (excluding diaryl/α,β-unsaturated/α-hetero) is 1. The van der Waals surface area contributed by atoms with Crippen LogP contribution in [0.25, 0.3) is 11.1 Å². The third kappa shape index (κ3) is 8.19. The molecule has 1 aliphatic rings. The van der Waals surface area contributed by atoms with Crippen LogP contribution in [0, 0.1) is 18.8 Å². The van der Waals surface area contributed by atoms with Gasteiger partial charge < -0.3 is 23.7 Å². The third-order valence-electron chi connectivity index (χ3n) is 7.59. The Labute approximate surface area is 252 Å². The van der Waals surface area contributed by atoms with Crippen molar-refractivity contribution in [3.05, 3.63) is 83.3 Å². The topological polar surface area (TPSA) is 116 Å². The predicted octanol–water partition coefficient (Wildman–Crippen LogP) is 5.60. The van der Waals surface area contributed by atoms with E-state index in [1.807, 2.05) is 75.4 Å². The quantitative estimate of drug-likeness (QED) is 0.138. The van der Waals surface area contributed by atoms with Gasteiger partial charge in [0.05, 0.1) is 25.9 Å². The monoisotopic (exact) mass is 591 g/mol. The van der Waals surface area contributed by atoms with Crippen molar-refractivity contribution in [1.29, 1.82) is 0 Å². The first-order chi connectivity index (χ1) is 20.7. The number of rotatable bonds is 15. The fourth-order valence-corrected chi connectivity index (χ4v) is 5.00. The second kappa shape index (κ2) is 15.1. The molecule has 0 radical (unpaired) electrons. The summed E-state index contributed by atoms with van der Waals surface area (Å²) in [4.78, 5) is 40.1. The summed E-state index contributed by atoms with van der Waals surface area (Å²) >= 11 is 0. The van der Waals surface area contributed by atoms with E-state index in [4.69, 9.17) is 18.6 Å². The van der Waals surface area contributed by atoms with Gasteiger partial charge in [-0.15, -0.1) is 0 Å². The lowest BCUT2D eigenvalue weighted by Crippen LogP contribution is -2.45. The number of carbonyl (C=O) groups is 3. The number of aryl methyl sites for hydroxylation is 2. The number of carbonyl (C=O) groups excluding carboxylic acids is 3. The molecule has 0 aliphatic carbocycles. The van der Waals surface area contributed by atoms with E-state index in [-0.39, 0.29) is 31.5 Å². The van der Waals surface area contributed by atoms with E-state index in [2.05, 4.69) is 0 Å². The van der Waals surface area contributed by atoms with Gasteiger partial charge in [-0.25, -0.2) is 9.69 Å². The molecule has 1 aliphatic heterocycles. The van der Waals surface area contributed by atoms with E-state index >= 15 is 0 Å². The lowest BCUT2D eigenvalue weighted by atomic mass is 9.98. The van der Waals surface area contributed by atoms with Crippen LogP contribution in [0.3, 0.4) is 0 Å². The first kappa shape index (κ1) is 32.1. The van der Waals surface area contributed by atoms with E-state index in [1.54, 1.807) is 6.07 Å². The zero-order valence-electron chi connectivity index (χ0n) is 25.3. The van der Waals surface area contributed by atoms with Crippen molar-refractivity contribution >= 4 is 17.8 Å². The van der Waals surface area contributed by atoms with Gasteiger partial charge in [0.2, 0.25) is 11.7 Å². The summed E-state index contributed by atoms with van der Waals surface area (Å²) in [6, 6.07) is 18.9. The molecule has 1 N–H and O–H groups in total. The number of ketones is 1. The average molecular weight is 592 g/mol. The highest BCUT2D eigenvalue weighted by Gasteiger charge is 2.43. The van der Waals surface area contributed by atoms with E-state index < -0.39 is 35.8 Å². The predicted molar refractivity (Wildman–Crippen MR) is 160 cm³/mol. The Morgan fingerprint density at radius 2 is 1.84 bits per heavy atom. The van der Waals surface area contributed by atoms with Crippen molar-refractivity contribution in [3.8, 4) is 11.1 Å². The summed E-state index contributed by atoms with van der Waals surface area (Å²) in [6.45, 7) is 8.27. The number of amides is 2. The maximum Gasteiger partial charge on any atom is 0.417 e. The van der Waals surface area contributed by atoms with E-state index in [1.165, 1.54) is 6.92 Å². The molecule has 2 amide bonds. The van der Waals surface area contributed by atoms with Crippen LogP contribution in [-0.4, -0.2) is 66.4 Å². The number of cyclic esters (lactones) is 1. The lowest BCUT2D eigenvalue weighted by molar-refractivity contribution is -0.132. The SMILES string of the molecule is Cc1cccc(-c2cc(C(=O)[C@@H](C)C(=O)N3C(=O)OC[C@H]3C(C)C)oc2CCCOC[C@@H](CO)OCc2ccccc2)c1. The van der Waals surface area contributed by atoms with Crippen LogP contribution in [0.15, 0.2) is 65.1 Å². The minimum absolute atomic E-state index is 0.00820. The fraction of sp³-hybridized carbons (Fsp3) is 0.441. The van der Waals surface area contributed by atoms with Crippen LogP contribution in [-0.2, 0) is 32.0 Å². The van der Waals surface area contributed by atoms with Crippen molar-refractivity contribution in [2.45, 2.75) is 59.3 Å². The van der Waals surface area contributed by atoms with Gasteiger partial charge in [0.1, 0.15) is 24.4 Å². The number of hydrogen-bond donors (Lipinski definition) is 1. The van der Waals surface area contributed by atoms with E-state index in [0.29, 0.717) is 31.8 Å². The molecule has 0 unspecified atom stereocenters. The Hall–Kier alpha value is -3.79. The summed E-state index contributed by atoms with van der Waals surface area (Å²) in [6.07, 6.45) is -0.0847. The highest BCUT2D eigenvalue weighted by molar-refractivity contribution is 6.12. The second-order valence-electron chi connectivity index (χ2n) is 11.3. The summed E-state index contributed by atoms with van der Waals surface area (Å²) in [5.41, 5.74) is 3.74. The summed E-state index contributed by atoms with van der Waals surface area (Å²) in [5, 5.41) is 9.68. The number of aliphatic hydroxyl groups is 1. The molecular weight excluding hydrogens is 550 g/mol. The molecule has 1 aromatic heterocycles. The number of ether oxygens (including phenoxy) is 3. The van der Waals surface area contributed by atoms with Crippen molar-refractivity contribution in [2.24, 2.45) is 11.8 Å². The fourth-order valence-electron chi connectivity index (χ4n) is 5.00. The van der Waals surface area contributed by atoms with Crippen LogP contribution in [0.1, 0.15) is 54.6 Å². The average Bonchev–Trinajstić information content (AvgIpc) is 3.61. The van der Waals surface area contributed by atoms with Crippen molar-refractivity contribution in [3.63, 3.8) is 0 Å². The van der Waals surface area contributed by atoms with Gasteiger partial charge in [-0.1, -0.05) is 74.0 Å². The zero-order chi connectivity index (χ0) is 30.9. The zero-order valence-corrected chi connectivity index (χ0v) is 25.3.